The fourth-order valence-electron chi connectivity index (χ4n) is 2.86. The van der Waals surface area contributed by atoms with E-state index in [-0.39, 0.29) is 16.8 Å². The van der Waals surface area contributed by atoms with Gasteiger partial charge in [0, 0.05) is 0 Å². The quantitative estimate of drug-likeness (QED) is 0.296. The molecule has 0 atom stereocenters. The summed E-state index contributed by atoms with van der Waals surface area (Å²) in [5.41, 5.74) is 6.36. The molecule has 37 heavy (non-hydrogen) atoms. The van der Waals surface area contributed by atoms with Gasteiger partial charge in [0.2, 0.25) is 0 Å². The third kappa shape index (κ3) is 9.93. The Balaban J connectivity index is 0.000000172. The van der Waals surface area contributed by atoms with Crippen molar-refractivity contribution in [3.8, 4) is 0 Å². The van der Waals surface area contributed by atoms with E-state index in [4.69, 9.17) is 0 Å². The van der Waals surface area contributed by atoms with Crippen molar-refractivity contribution in [2.45, 2.75) is 0 Å². The molecule has 0 saturated heterocycles. The second-order valence-electron chi connectivity index (χ2n) is 7.00. The van der Waals surface area contributed by atoms with E-state index in [9.17, 15) is 19.8 Å². The van der Waals surface area contributed by atoms with Crippen molar-refractivity contribution in [1.82, 2.24) is 29.9 Å². The average Bonchev–Trinajstić information content (AvgIpc) is 3.65. The molecule has 0 unspecified atom stereocenters. The molecular formula is C25H22CoN6O5. The fourth-order valence-corrected chi connectivity index (χ4v) is 2.86. The molecule has 3 heterocycles. The number of imidazole rings is 3. The number of carbonyl (C=O) groups excluding carboxylic acids is 2. The Morgan fingerprint density at radius 2 is 0.892 bits per heavy atom. The monoisotopic (exact) mass is 545 g/mol. The molecule has 0 amide bonds. The number of nitrogens with one attached hydrogen (secondary N) is 3. The van der Waals surface area contributed by atoms with Gasteiger partial charge >= 0.3 is 16.8 Å². The van der Waals surface area contributed by atoms with Crippen molar-refractivity contribution < 1.29 is 41.3 Å². The molecular weight excluding hydrogens is 523 g/mol. The normalized spacial score (nSPS) is 9.62. The maximum Gasteiger partial charge on any atom is 2.00 e. The number of aromatic nitrogens is 6. The zero-order chi connectivity index (χ0) is 25.6. The number of carboxylic acid groups (broad SMARTS) is 2. The third-order valence-corrected chi connectivity index (χ3v) is 4.42. The van der Waals surface area contributed by atoms with Crippen LogP contribution in [0.3, 0.4) is 0 Å². The molecule has 0 bridgehead atoms. The first-order chi connectivity index (χ1) is 17.5. The molecule has 1 radical (unpaired) electrons. The molecule has 0 aliphatic heterocycles. The minimum Gasteiger partial charge on any atom is -0.548 e. The average molecular weight is 545 g/mol. The van der Waals surface area contributed by atoms with Gasteiger partial charge < -0.3 is 39.5 Å². The van der Waals surface area contributed by atoms with Crippen molar-refractivity contribution in [3.63, 3.8) is 0 Å². The molecule has 0 spiro atoms. The number of aromatic amines is 3. The van der Waals surface area contributed by atoms with Crippen LogP contribution in [-0.4, -0.2) is 55.1 Å². The Morgan fingerprint density at radius 1 is 0.595 bits per heavy atom. The number of H-pyrrole nitrogens is 3. The Bertz CT molecular complexity index is 1250. The van der Waals surface area contributed by atoms with Gasteiger partial charge in [0.15, 0.2) is 0 Å². The standard InChI is InChI=1S/3C7H6N2.C4H6O5.Co/c3*1-2-4-7-6(3-1)8-5-9-7;5-3(6)1-9-2-4(7)8;/h3*1-5H,(H,8,9);1-2H2,(H,5,6)(H,7,8);/q;;;;+2/p-2. The van der Waals surface area contributed by atoms with Crippen LogP contribution < -0.4 is 10.2 Å². The predicted molar refractivity (Wildman–Crippen MR) is 129 cm³/mol. The largest absolute Gasteiger partial charge is 2.00 e. The Morgan fingerprint density at radius 3 is 1.16 bits per heavy atom. The summed E-state index contributed by atoms with van der Waals surface area (Å²) in [6.45, 7) is -1.43. The van der Waals surface area contributed by atoms with Gasteiger partial charge in [-0.2, -0.15) is 0 Å². The summed E-state index contributed by atoms with van der Waals surface area (Å²) in [5, 5.41) is 19.1. The summed E-state index contributed by atoms with van der Waals surface area (Å²) in [4.78, 5) is 40.3. The van der Waals surface area contributed by atoms with Crippen LogP contribution in [0.1, 0.15) is 0 Å². The molecule has 0 aliphatic rings. The van der Waals surface area contributed by atoms with Gasteiger partial charge in [-0.3, -0.25) is 0 Å². The number of nitrogens with zero attached hydrogens (tertiary/aromatic N) is 3. The van der Waals surface area contributed by atoms with Crippen molar-refractivity contribution in [2.75, 3.05) is 13.2 Å². The number of fused-ring (bicyclic) bond motifs is 3. The van der Waals surface area contributed by atoms with Crippen LogP contribution in [0.2, 0.25) is 0 Å². The molecule has 0 fully saturated rings. The Kier molecular flexibility index (Phi) is 12.0. The zero-order valence-corrected chi connectivity index (χ0v) is 20.3. The first-order valence-electron chi connectivity index (χ1n) is 10.6. The molecule has 6 rings (SSSR count). The van der Waals surface area contributed by atoms with Crippen LogP contribution in [0.25, 0.3) is 33.1 Å². The van der Waals surface area contributed by atoms with Crippen molar-refractivity contribution >= 4 is 45.0 Å². The van der Waals surface area contributed by atoms with Crippen molar-refractivity contribution in [3.05, 3.63) is 91.8 Å². The molecule has 0 saturated carbocycles. The van der Waals surface area contributed by atoms with Gasteiger partial charge in [0.05, 0.1) is 77.2 Å². The van der Waals surface area contributed by atoms with E-state index in [0.29, 0.717) is 0 Å². The van der Waals surface area contributed by atoms with Crippen LogP contribution >= 0.6 is 0 Å². The van der Waals surface area contributed by atoms with E-state index in [2.05, 4.69) is 34.6 Å². The van der Waals surface area contributed by atoms with Crippen LogP contribution in [0.4, 0.5) is 0 Å². The van der Waals surface area contributed by atoms with Gasteiger partial charge in [-0.1, -0.05) is 36.4 Å². The summed E-state index contributed by atoms with van der Waals surface area (Å²) in [5.74, 6) is -2.90. The number of hydrogen-bond donors (Lipinski definition) is 3. The maximum absolute atomic E-state index is 9.53. The van der Waals surface area contributed by atoms with Crippen LogP contribution in [0, 0.1) is 0 Å². The molecule has 6 aromatic rings. The summed E-state index contributed by atoms with van der Waals surface area (Å²) < 4.78 is 4.03. The molecule has 3 aromatic carbocycles. The molecule has 191 valence electrons. The molecule has 12 heteroatoms. The number of hydrogen-bond acceptors (Lipinski definition) is 8. The van der Waals surface area contributed by atoms with Crippen molar-refractivity contribution in [2.24, 2.45) is 0 Å². The number of para-hydroxylation sites is 6. The van der Waals surface area contributed by atoms with Gasteiger partial charge in [-0.15, -0.1) is 0 Å². The van der Waals surface area contributed by atoms with Crippen LogP contribution in [0.5, 0.6) is 0 Å². The van der Waals surface area contributed by atoms with E-state index in [1.807, 2.05) is 72.8 Å². The number of carboxylic acids is 2. The van der Waals surface area contributed by atoms with E-state index < -0.39 is 25.2 Å². The number of carbonyl (C=O) groups is 2. The smallest absolute Gasteiger partial charge is 0.548 e. The molecule has 3 aromatic heterocycles. The second-order valence-corrected chi connectivity index (χ2v) is 7.00. The minimum atomic E-state index is -1.45. The van der Waals surface area contributed by atoms with Crippen LogP contribution in [0.15, 0.2) is 91.8 Å². The summed E-state index contributed by atoms with van der Waals surface area (Å²) in [6.07, 6.45) is 5.10. The third-order valence-electron chi connectivity index (χ3n) is 4.42. The van der Waals surface area contributed by atoms with Gasteiger partial charge in [0.25, 0.3) is 0 Å². The first-order valence-corrected chi connectivity index (χ1v) is 10.6. The molecule has 11 nitrogen and oxygen atoms in total. The first kappa shape index (κ1) is 28.7. The Labute approximate surface area is 221 Å². The number of ether oxygens (including phenoxy) is 1. The fraction of sp³-hybridized carbons (Fsp3) is 0.0800. The van der Waals surface area contributed by atoms with Crippen molar-refractivity contribution in [1.29, 1.82) is 0 Å². The summed E-state index contributed by atoms with van der Waals surface area (Å²) in [6, 6.07) is 23.8. The van der Waals surface area contributed by atoms with E-state index >= 15 is 0 Å². The SMILES string of the molecule is O=C([O-])COCC(=O)[O-].[Co+2].c1ccc2[nH]cnc2c1.c1ccc2[nH]cnc2c1.c1ccc2[nH]cnc2c1. The number of benzene rings is 3. The van der Waals surface area contributed by atoms with E-state index in [1.54, 1.807) is 19.0 Å². The van der Waals surface area contributed by atoms with Crippen LogP contribution in [-0.2, 0) is 31.1 Å². The summed E-state index contributed by atoms with van der Waals surface area (Å²) >= 11 is 0. The molecule has 3 N–H and O–H groups in total. The second kappa shape index (κ2) is 15.5. The maximum atomic E-state index is 9.53. The Hall–Kier alpha value is -4.52. The number of aliphatic carboxylic acids is 2. The zero-order valence-electron chi connectivity index (χ0n) is 19.3. The van der Waals surface area contributed by atoms with E-state index in [0.717, 1.165) is 33.1 Å². The van der Waals surface area contributed by atoms with Gasteiger partial charge in [-0.05, 0) is 36.4 Å². The van der Waals surface area contributed by atoms with E-state index in [1.165, 1.54) is 0 Å². The van der Waals surface area contributed by atoms with Gasteiger partial charge in [-0.25, -0.2) is 15.0 Å². The predicted octanol–water partition coefficient (Wildman–Crippen LogP) is 1.19. The number of rotatable bonds is 4. The molecule has 0 aliphatic carbocycles. The van der Waals surface area contributed by atoms with Gasteiger partial charge in [0.1, 0.15) is 0 Å². The topological polar surface area (TPSA) is 176 Å². The summed E-state index contributed by atoms with van der Waals surface area (Å²) in [7, 11) is 0. The minimum absolute atomic E-state index is 0.